The number of amides is 2. The van der Waals surface area contributed by atoms with Gasteiger partial charge in [-0.05, 0) is 49.1 Å². The van der Waals surface area contributed by atoms with Crippen molar-refractivity contribution in [3.8, 4) is 0 Å². The fraction of sp³-hybridized carbons (Fsp3) is 0.417. The minimum atomic E-state index is -4.50. The van der Waals surface area contributed by atoms with Gasteiger partial charge in [0.25, 0.3) is 5.91 Å². The molecule has 4 N–H and O–H groups in total. The van der Waals surface area contributed by atoms with Crippen molar-refractivity contribution in [1.29, 1.82) is 0 Å². The Kier molecular flexibility index (Phi) is 8.16. The first kappa shape index (κ1) is 25.5. The molecule has 0 aromatic heterocycles. The molecule has 3 rings (SSSR count). The zero-order valence-corrected chi connectivity index (χ0v) is 18.9. The van der Waals surface area contributed by atoms with Gasteiger partial charge in [-0.1, -0.05) is 32.0 Å². The molecule has 0 bridgehead atoms. The van der Waals surface area contributed by atoms with Crippen LogP contribution in [0.25, 0.3) is 0 Å². The smallest absolute Gasteiger partial charge is 0.366 e. The Morgan fingerprint density at radius 3 is 2.53 bits per heavy atom. The molecule has 2 aromatic rings. The topological polar surface area (TPSA) is 99.7 Å². The van der Waals surface area contributed by atoms with Crippen molar-refractivity contribution in [2.45, 2.75) is 51.2 Å². The summed E-state index contributed by atoms with van der Waals surface area (Å²) in [5, 5.41) is 18.1. The van der Waals surface area contributed by atoms with Crippen LogP contribution in [0.3, 0.4) is 0 Å². The summed E-state index contributed by atoms with van der Waals surface area (Å²) in [5.74, 6) is -0.918. The van der Waals surface area contributed by atoms with Gasteiger partial charge in [-0.3, -0.25) is 9.59 Å². The molecule has 1 aliphatic heterocycles. The van der Waals surface area contributed by atoms with E-state index in [4.69, 9.17) is 4.74 Å². The molecule has 34 heavy (non-hydrogen) atoms. The largest absolute Gasteiger partial charge is 0.416 e. The third kappa shape index (κ3) is 6.71. The number of carbonyl (C=O) groups is 2. The Morgan fingerprint density at radius 2 is 1.88 bits per heavy atom. The maximum Gasteiger partial charge on any atom is 0.416 e. The highest BCUT2D eigenvalue weighted by Crippen LogP contribution is 2.32. The van der Waals surface area contributed by atoms with Gasteiger partial charge in [0.1, 0.15) is 6.04 Å². The summed E-state index contributed by atoms with van der Waals surface area (Å²) in [5.41, 5.74) is -0.179. The van der Waals surface area contributed by atoms with E-state index in [9.17, 15) is 27.9 Å². The summed E-state index contributed by atoms with van der Waals surface area (Å²) >= 11 is 0. The Balaban J connectivity index is 1.77. The molecule has 0 spiro atoms. The number of nitrogens with one attached hydrogen (secondary N) is 3. The van der Waals surface area contributed by atoms with Gasteiger partial charge < -0.3 is 25.8 Å². The SMILES string of the molecule is CC(C)CC(NC(=O)c1ccccc1Nc1cccc(C(F)(F)F)c1)C(=O)N[C@H]1CCO[C@@H]1O. The molecular formula is C24H28F3N3O4. The van der Waals surface area contributed by atoms with Gasteiger partial charge in [-0.25, -0.2) is 0 Å². The summed E-state index contributed by atoms with van der Waals surface area (Å²) in [6, 6.07) is 9.58. The number of anilines is 2. The third-order valence-electron chi connectivity index (χ3n) is 5.36. The predicted octanol–water partition coefficient (Wildman–Crippen LogP) is 3.82. The second-order valence-corrected chi connectivity index (χ2v) is 8.57. The number of para-hydroxylation sites is 1. The molecule has 184 valence electrons. The first-order valence-electron chi connectivity index (χ1n) is 11.0. The van der Waals surface area contributed by atoms with Gasteiger partial charge >= 0.3 is 6.18 Å². The Bertz CT molecular complexity index is 1010. The van der Waals surface area contributed by atoms with E-state index >= 15 is 0 Å². The van der Waals surface area contributed by atoms with E-state index in [1.165, 1.54) is 18.2 Å². The highest BCUT2D eigenvalue weighted by atomic mass is 19.4. The van der Waals surface area contributed by atoms with Crippen LogP contribution in [0.4, 0.5) is 24.5 Å². The summed E-state index contributed by atoms with van der Waals surface area (Å²) in [6.45, 7) is 4.13. The van der Waals surface area contributed by atoms with E-state index in [0.29, 0.717) is 25.1 Å². The van der Waals surface area contributed by atoms with Gasteiger partial charge in [0, 0.05) is 5.69 Å². The zero-order valence-electron chi connectivity index (χ0n) is 18.9. The van der Waals surface area contributed by atoms with Crippen molar-refractivity contribution in [1.82, 2.24) is 10.6 Å². The lowest BCUT2D eigenvalue weighted by Crippen LogP contribution is -2.51. The van der Waals surface area contributed by atoms with E-state index in [1.807, 2.05) is 13.8 Å². The highest BCUT2D eigenvalue weighted by Gasteiger charge is 2.32. The van der Waals surface area contributed by atoms with Crippen molar-refractivity contribution in [2.75, 3.05) is 11.9 Å². The number of halogens is 3. The van der Waals surface area contributed by atoms with Crippen molar-refractivity contribution in [3.63, 3.8) is 0 Å². The zero-order chi connectivity index (χ0) is 24.9. The van der Waals surface area contributed by atoms with Crippen LogP contribution in [0.15, 0.2) is 48.5 Å². The van der Waals surface area contributed by atoms with Crippen molar-refractivity contribution in [3.05, 3.63) is 59.7 Å². The molecule has 1 heterocycles. The Hall–Kier alpha value is -3.11. The van der Waals surface area contributed by atoms with Crippen LogP contribution < -0.4 is 16.0 Å². The van der Waals surface area contributed by atoms with Crippen molar-refractivity contribution in [2.24, 2.45) is 5.92 Å². The molecule has 2 aromatic carbocycles. The Morgan fingerprint density at radius 1 is 1.15 bits per heavy atom. The molecule has 7 nitrogen and oxygen atoms in total. The number of hydrogen-bond acceptors (Lipinski definition) is 5. The summed E-state index contributed by atoms with van der Waals surface area (Å²) in [6.07, 6.45) is -4.79. The van der Waals surface area contributed by atoms with Crippen LogP contribution in [0.5, 0.6) is 0 Å². The summed E-state index contributed by atoms with van der Waals surface area (Å²) in [7, 11) is 0. The van der Waals surface area contributed by atoms with Gasteiger partial charge in [0.2, 0.25) is 5.91 Å². The fourth-order valence-electron chi connectivity index (χ4n) is 3.66. The molecule has 1 saturated heterocycles. The van der Waals surface area contributed by atoms with Crippen LogP contribution >= 0.6 is 0 Å². The molecule has 2 amide bonds. The number of hydrogen-bond donors (Lipinski definition) is 4. The molecule has 1 aliphatic rings. The van der Waals surface area contributed by atoms with E-state index in [-0.39, 0.29) is 17.2 Å². The number of aliphatic hydroxyl groups is 1. The molecule has 0 radical (unpaired) electrons. The molecular weight excluding hydrogens is 451 g/mol. The monoisotopic (exact) mass is 479 g/mol. The third-order valence-corrected chi connectivity index (χ3v) is 5.36. The maximum absolute atomic E-state index is 13.1. The quantitative estimate of drug-likeness (QED) is 0.462. The van der Waals surface area contributed by atoms with Crippen molar-refractivity contribution >= 4 is 23.2 Å². The average molecular weight is 479 g/mol. The highest BCUT2D eigenvalue weighted by molar-refractivity contribution is 6.02. The van der Waals surface area contributed by atoms with Crippen LogP contribution in [-0.2, 0) is 15.7 Å². The fourth-order valence-corrected chi connectivity index (χ4v) is 3.66. The number of aliphatic hydroxyl groups excluding tert-OH is 1. The van der Waals surface area contributed by atoms with E-state index in [2.05, 4.69) is 16.0 Å². The second kappa shape index (κ2) is 10.9. The number of alkyl halides is 3. The molecule has 0 aliphatic carbocycles. The molecule has 1 unspecified atom stereocenters. The molecule has 10 heteroatoms. The van der Waals surface area contributed by atoms with Crippen LogP contribution in [0, 0.1) is 5.92 Å². The van der Waals surface area contributed by atoms with E-state index in [1.54, 1.807) is 18.2 Å². The van der Waals surface area contributed by atoms with Gasteiger partial charge in [-0.2, -0.15) is 13.2 Å². The number of ether oxygens (including phenoxy) is 1. The minimum Gasteiger partial charge on any atom is -0.366 e. The van der Waals surface area contributed by atoms with Crippen LogP contribution in [0.2, 0.25) is 0 Å². The van der Waals surface area contributed by atoms with Gasteiger partial charge in [-0.15, -0.1) is 0 Å². The van der Waals surface area contributed by atoms with Crippen molar-refractivity contribution < 1.29 is 32.6 Å². The Labute approximate surface area is 195 Å². The van der Waals surface area contributed by atoms with Crippen LogP contribution in [-0.4, -0.2) is 41.9 Å². The molecule has 0 saturated carbocycles. The first-order valence-corrected chi connectivity index (χ1v) is 11.0. The van der Waals surface area contributed by atoms with Gasteiger partial charge in [0.05, 0.1) is 29.5 Å². The minimum absolute atomic E-state index is 0.0827. The van der Waals surface area contributed by atoms with Crippen LogP contribution in [0.1, 0.15) is 42.6 Å². The number of carbonyl (C=O) groups excluding carboxylic acids is 2. The molecule has 1 fully saturated rings. The average Bonchev–Trinajstić information content (AvgIpc) is 3.17. The number of benzene rings is 2. The lowest BCUT2D eigenvalue weighted by Gasteiger charge is -2.23. The van der Waals surface area contributed by atoms with E-state index < -0.39 is 41.9 Å². The first-order chi connectivity index (χ1) is 16.0. The normalized spacial score (nSPS) is 19.0. The number of rotatable bonds is 8. The lowest BCUT2D eigenvalue weighted by atomic mass is 10.0. The van der Waals surface area contributed by atoms with Gasteiger partial charge in [0.15, 0.2) is 6.29 Å². The van der Waals surface area contributed by atoms with E-state index in [0.717, 1.165) is 12.1 Å². The summed E-state index contributed by atoms with van der Waals surface area (Å²) < 4.78 is 44.2. The molecule has 3 atom stereocenters. The predicted molar refractivity (Wildman–Crippen MR) is 120 cm³/mol. The maximum atomic E-state index is 13.1. The summed E-state index contributed by atoms with van der Waals surface area (Å²) in [4.78, 5) is 25.9. The lowest BCUT2D eigenvalue weighted by molar-refractivity contribution is -0.137. The standard InChI is InChI=1S/C24H28F3N3O4/c1-14(2)12-20(22(32)29-19-10-11-34-23(19)33)30-21(31)17-8-3-4-9-18(17)28-16-7-5-6-15(13-16)24(25,26)27/h3-9,13-14,19-20,23,28,33H,10-12H2,1-2H3,(H,29,32)(H,30,31)/t19-,20?,23-/m0/s1. The second-order valence-electron chi connectivity index (χ2n) is 8.57.